The quantitative estimate of drug-likeness (QED) is 0.646. The molecule has 1 saturated carbocycles. The topological polar surface area (TPSA) is 63.6 Å². The summed E-state index contributed by atoms with van der Waals surface area (Å²) in [5.41, 5.74) is 0.745. The number of aromatic nitrogens is 1. The van der Waals surface area contributed by atoms with Crippen LogP contribution in [0.1, 0.15) is 75.7 Å². The smallest absolute Gasteiger partial charge is 0.271 e. The summed E-state index contributed by atoms with van der Waals surface area (Å²) < 4.78 is 7.55. The summed E-state index contributed by atoms with van der Waals surface area (Å²) in [6.07, 6.45) is 8.86. The highest BCUT2D eigenvalue weighted by Crippen LogP contribution is 2.33. The molecule has 1 N–H and O–H groups in total. The van der Waals surface area contributed by atoms with E-state index in [1.54, 1.807) is 4.90 Å². The molecule has 4 rings (SSSR count). The van der Waals surface area contributed by atoms with Gasteiger partial charge in [0.2, 0.25) is 5.91 Å². The third-order valence-corrected chi connectivity index (χ3v) is 7.14. The van der Waals surface area contributed by atoms with Gasteiger partial charge in [-0.05, 0) is 45.2 Å². The van der Waals surface area contributed by atoms with Gasteiger partial charge in [-0.15, -0.1) is 0 Å². The standard InChI is InChI=1S/C26H37N3O3/c1-3-32-17-11-16-29-24(30)23-18-20-12-9-10-15-22(20)28(23)19-26(29,2)25(31)27-21-13-7-5-4-6-8-14-21/h9-10,12,15,18,21H,3-8,11,13-14,16-17,19H2,1-2H3,(H,27,31)/t26-/m1/s1. The van der Waals surface area contributed by atoms with Crippen LogP contribution >= 0.6 is 0 Å². The molecular weight excluding hydrogens is 402 g/mol. The summed E-state index contributed by atoms with van der Waals surface area (Å²) in [5, 5.41) is 4.38. The number of hydrogen-bond donors (Lipinski definition) is 1. The molecule has 0 bridgehead atoms. The zero-order valence-electron chi connectivity index (χ0n) is 19.6. The van der Waals surface area contributed by atoms with Gasteiger partial charge in [0, 0.05) is 36.7 Å². The lowest BCUT2D eigenvalue weighted by Gasteiger charge is -2.44. The van der Waals surface area contributed by atoms with Crippen molar-refractivity contribution < 1.29 is 14.3 Å². The summed E-state index contributed by atoms with van der Waals surface area (Å²) in [6, 6.07) is 10.2. The monoisotopic (exact) mass is 439 g/mol. The van der Waals surface area contributed by atoms with Crippen molar-refractivity contribution in [3.8, 4) is 0 Å². The lowest BCUT2D eigenvalue weighted by Crippen LogP contribution is -2.65. The van der Waals surface area contributed by atoms with Gasteiger partial charge in [-0.3, -0.25) is 9.59 Å². The van der Waals surface area contributed by atoms with Gasteiger partial charge < -0.3 is 19.5 Å². The first-order valence-electron chi connectivity index (χ1n) is 12.3. The number of amides is 2. The van der Waals surface area contributed by atoms with Crippen molar-refractivity contribution in [2.24, 2.45) is 0 Å². The number of carbonyl (C=O) groups excluding carboxylic acids is 2. The van der Waals surface area contributed by atoms with E-state index in [1.807, 2.05) is 48.7 Å². The summed E-state index contributed by atoms with van der Waals surface area (Å²) in [7, 11) is 0. The van der Waals surface area contributed by atoms with E-state index in [4.69, 9.17) is 4.74 Å². The third kappa shape index (κ3) is 4.56. The van der Waals surface area contributed by atoms with E-state index in [9.17, 15) is 9.59 Å². The molecule has 174 valence electrons. The maximum atomic E-state index is 13.7. The molecule has 6 nitrogen and oxygen atoms in total. The lowest BCUT2D eigenvalue weighted by molar-refractivity contribution is -0.133. The van der Waals surface area contributed by atoms with Gasteiger partial charge in [-0.2, -0.15) is 0 Å². The number of fused-ring (bicyclic) bond motifs is 3. The van der Waals surface area contributed by atoms with E-state index in [2.05, 4.69) is 5.32 Å². The van der Waals surface area contributed by atoms with Crippen molar-refractivity contribution in [2.75, 3.05) is 19.8 Å². The second-order valence-electron chi connectivity index (χ2n) is 9.47. The van der Waals surface area contributed by atoms with Crippen LogP contribution in [0, 0.1) is 0 Å². The number of ether oxygens (including phenoxy) is 1. The molecule has 0 saturated heterocycles. The largest absolute Gasteiger partial charge is 0.382 e. The van der Waals surface area contributed by atoms with E-state index in [-0.39, 0.29) is 17.9 Å². The summed E-state index contributed by atoms with van der Waals surface area (Å²) in [6.45, 7) is 6.12. The Kier molecular flexibility index (Phi) is 7.19. The molecule has 2 amide bonds. The molecule has 6 heteroatoms. The number of para-hydroxylation sites is 1. The highest BCUT2D eigenvalue weighted by atomic mass is 16.5. The van der Waals surface area contributed by atoms with Crippen LogP contribution in [0.15, 0.2) is 30.3 Å². The Morgan fingerprint density at radius 3 is 2.62 bits per heavy atom. The van der Waals surface area contributed by atoms with Gasteiger partial charge in [-0.25, -0.2) is 0 Å². The zero-order chi connectivity index (χ0) is 22.6. The van der Waals surface area contributed by atoms with Gasteiger partial charge in [0.1, 0.15) is 11.2 Å². The fraction of sp³-hybridized carbons (Fsp3) is 0.615. The minimum absolute atomic E-state index is 0.0312. The van der Waals surface area contributed by atoms with Crippen molar-refractivity contribution in [1.29, 1.82) is 0 Å². The van der Waals surface area contributed by atoms with Crippen LogP contribution in [-0.2, 0) is 16.1 Å². The summed E-state index contributed by atoms with van der Waals surface area (Å²) >= 11 is 0. The number of benzene rings is 1. The molecule has 1 aliphatic carbocycles. The van der Waals surface area contributed by atoms with E-state index in [0.29, 0.717) is 38.4 Å². The number of nitrogens with one attached hydrogen (secondary N) is 1. The highest BCUT2D eigenvalue weighted by Gasteiger charge is 2.47. The normalized spacial score (nSPS) is 22.4. The Hall–Kier alpha value is -2.34. The maximum absolute atomic E-state index is 13.7. The molecule has 1 aromatic carbocycles. The SMILES string of the molecule is CCOCCCN1C(=O)c2cc3ccccc3n2C[C@]1(C)C(=O)NC1CCCCCCC1. The predicted octanol–water partition coefficient (Wildman–Crippen LogP) is 4.51. The average molecular weight is 440 g/mol. The lowest BCUT2D eigenvalue weighted by atomic mass is 9.92. The van der Waals surface area contributed by atoms with Gasteiger partial charge >= 0.3 is 0 Å². The molecule has 0 radical (unpaired) electrons. The van der Waals surface area contributed by atoms with Crippen LogP contribution in [-0.4, -0.2) is 52.6 Å². The molecular formula is C26H37N3O3. The predicted molar refractivity (Wildman–Crippen MR) is 127 cm³/mol. The molecule has 0 spiro atoms. The third-order valence-electron chi connectivity index (χ3n) is 7.14. The number of carbonyl (C=O) groups is 2. The maximum Gasteiger partial charge on any atom is 0.271 e. The Labute approximate surface area is 191 Å². The van der Waals surface area contributed by atoms with Crippen molar-refractivity contribution in [3.05, 3.63) is 36.0 Å². The van der Waals surface area contributed by atoms with Crippen LogP contribution in [0.3, 0.4) is 0 Å². The molecule has 1 aromatic heterocycles. The Morgan fingerprint density at radius 1 is 1.16 bits per heavy atom. The molecule has 0 unspecified atom stereocenters. The van der Waals surface area contributed by atoms with Crippen LogP contribution in [0.25, 0.3) is 10.9 Å². The molecule has 2 aliphatic rings. The van der Waals surface area contributed by atoms with Crippen LogP contribution in [0.4, 0.5) is 0 Å². The van der Waals surface area contributed by atoms with Crippen molar-refractivity contribution in [2.45, 2.75) is 83.3 Å². The van der Waals surface area contributed by atoms with E-state index < -0.39 is 5.54 Å². The minimum atomic E-state index is -0.930. The van der Waals surface area contributed by atoms with Gasteiger partial charge in [-0.1, -0.05) is 50.3 Å². The van der Waals surface area contributed by atoms with Crippen LogP contribution in [0.2, 0.25) is 0 Å². The fourth-order valence-corrected chi connectivity index (χ4v) is 5.27. The Bertz CT molecular complexity index is 945. The minimum Gasteiger partial charge on any atom is -0.382 e. The van der Waals surface area contributed by atoms with Gasteiger partial charge in [0.05, 0.1) is 6.54 Å². The molecule has 1 aliphatic heterocycles. The van der Waals surface area contributed by atoms with Crippen LogP contribution < -0.4 is 5.32 Å². The second-order valence-corrected chi connectivity index (χ2v) is 9.47. The number of nitrogens with zero attached hydrogens (tertiary/aromatic N) is 2. The highest BCUT2D eigenvalue weighted by molar-refractivity contribution is 6.03. The molecule has 1 atom stereocenters. The van der Waals surface area contributed by atoms with Gasteiger partial charge in [0.25, 0.3) is 5.91 Å². The fourth-order valence-electron chi connectivity index (χ4n) is 5.27. The van der Waals surface area contributed by atoms with E-state index in [1.165, 1.54) is 19.3 Å². The first-order chi connectivity index (χ1) is 15.5. The van der Waals surface area contributed by atoms with Crippen molar-refractivity contribution in [3.63, 3.8) is 0 Å². The number of hydrogen-bond acceptors (Lipinski definition) is 3. The summed E-state index contributed by atoms with van der Waals surface area (Å²) in [4.78, 5) is 29.2. The van der Waals surface area contributed by atoms with Crippen molar-refractivity contribution in [1.82, 2.24) is 14.8 Å². The second kappa shape index (κ2) is 10.1. The van der Waals surface area contributed by atoms with Crippen molar-refractivity contribution >= 4 is 22.7 Å². The molecule has 32 heavy (non-hydrogen) atoms. The Balaban J connectivity index is 1.62. The van der Waals surface area contributed by atoms with Gasteiger partial charge in [0.15, 0.2) is 0 Å². The first kappa shape index (κ1) is 22.8. The first-order valence-corrected chi connectivity index (χ1v) is 12.3. The molecule has 1 fully saturated rings. The molecule has 2 aromatic rings. The number of rotatable bonds is 7. The summed E-state index contributed by atoms with van der Waals surface area (Å²) in [5.74, 6) is -0.101. The Morgan fingerprint density at radius 2 is 1.88 bits per heavy atom. The van der Waals surface area contributed by atoms with E-state index >= 15 is 0 Å². The average Bonchev–Trinajstić information content (AvgIpc) is 3.13. The van der Waals surface area contributed by atoms with Crippen LogP contribution in [0.5, 0.6) is 0 Å². The van der Waals surface area contributed by atoms with E-state index in [0.717, 1.165) is 36.6 Å². The zero-order valence-corrected chi connectivity index (χ0v) is 19.6. The molecule has 2 heterocycles.